The van der Waals surface area contributed by atoms with Crippen LogP contribution in [0.4, 0.5) is 0 Å². The normalized spacial score (nSPS) is 18.4. The molecule has 1 heterocycles. The third-order valence-corrected chi connectivity index (χ3v) is 4.25. The molecule has 0 saturated heterocycles. The molecule has 1 unspecified atom stereocenters. The Morgan fingerprint density at radius 1 is 1.39 bits per heavy atom. The number of nitrogens with one attached hydrogen (secondary N) is 1. The van der Waals surface area contributed by atoms with E-state index >= 15 is 0 Å². The van der Waals surface area contributed by atoms with E-state index in [2.05, 4.69) is 42.1 Å². The standard InChI is InChI=1S/C15H27N3/c1-4-13-10-14(18(3)17-13)11-15(16-5-2)12-8-6-7-9-12/h10,12,15-16H,4-9,11H2,1-3H3. The van der Waals surface area contributed by atoms with Crippen molar-refractivity contribution in [2.75, 3.05) is 6.54 Å². The van der Waals surface area contributed by atoms with Gasteiger partial charge in [-0.25, -0.2) is 0 Å². The van der Waals surface area contributed by atoms with Crippen molar-refractivity contribution >= 4 is 0 Å². The Morgan fingerprint density at radius 3 is 2.67 bits per heavy atom. The van der Waals surface area contributed by atoms with Crippen LogP contribution in [-0.4, -0.2) is 22.4 Å². The largest absolute Gasteiger partial charge is 0.314 e. The van der Waals surface area contributed by atoms with E-state index < -0.39 is 0 Å². The van der Waals surface area contributed by atoms with Crippen molar-refractivity contribution in [3.63, 3.8) is 0 Å². The second-order valence-corrected chi connectivity index (χ2v) is 5.52. The van der Waals surface area contributed by atoms with Crippen molar-refractivity contribution in [2.24, 2.45) is 13.0 Å². The fourth-order valence-electron chi connectivity index (χ4n) is 3.19. The van der Waals surface area contributed by atoms with Gasteiger partial charge in [0, 0.05) is 25.2 Å². The maximum Gasteiger partial charge on any atom is 0.0624 e. The molecule has 102 valence electrons. The van der Waals surface area contributed by atoms with E-state index in [4.69, 9.17) is 0 Å². The second-order valence-electron chi connectivity index (χ2n) is 5.52. The lowest BCUT2D eigenvalue weighted by atomic mass is 9.94. The topological polar surface area (TPSA) is 29.9 Å². The van der Waals surface area contributed by atoms with Crippen LogP contribution in [0, 0.1) is 5.92 Å². The number of hydrogen-bond donors (Lipinski definition) is 1. The first-order chi connectivity index (χ1) is 8.74. The molecule has 1 saturated carbocycles. The van der Waals surface area contributed by atoms with E-state index in [9.17, 15) is 0 Å². The Labute approximate surface area is 111 Å². The molecule has 0 bridgehead atoms. The van der Waals surface area contributed by atoms with Crippen molar-refractivity contribution in [1.82, 2.24) is 15.1 Å². The van der Waals surface area contributed by atoms with Gasteiger partial charge in [-0.2, -0.15) is 5.10 Å². The van der Waals surface area contributed by atoms with Gasteiger partial charge in [-0.3, -0.25) is 4.68 Å². The number of nitrogens with zero attached hydrogens (tertiary/aromatic N) is 2. The Hall–Kier alpha value is -0.830. The van der Waals surface area contributed by atoms with Crippen LogP contribution in [0.2, 0.25) is 0 Å². The maximum atomic E-state index is 4.56. The molecular formula is C15H27N3. The molecule has 2 rings (SSSR count). The zero-order valence-electron chi connectivity index (χ0n) is 12.1. The molecule has 1 aliphatic carbocycles. The lowest BCUT2D eigenvalue weighted by Gasteiger charge is -2.24. The molecule has 3 heteroatoms. The number of likely N-dealkylation sites (N-methyl/N-ethyl adjacent to an activating group) is 1. The fourth-order valence-corrected chi connectivity index (χ4v) is 3.19. The molecule has 0 radical (unpaired) electrons. The van der Waals surface area contributed by atoms with Gasteiger partial charge in [0.25, 0.3) is 0 Å². The van der Waals surface area contributed by atoms with Crippen LogP contribution < -0.4 is 5.32 Å². The summed E-state index contributed by atoms with van der Waals surface area (Å²) in [6.07, 6.45) is 7.79. The van der Waals surface area contributed by atoms with Crippen LogP contribution in [-0.2, 0) is 19.9 Å². The summed E-state index contributed by atoms with van der Waals surface area (Å²) in [7, 11) is 2.08. The highest BCUT2D eigenvalue weighted by Gasteiger charge is 2.25. The summed E-state index contributed by atoms with van der Waals surface area (Å²) in [4.78, 5) is 0. The monoisotopic (exact) mass is 249 g/mol. The van der Waals surface area contributed by atoms with Gasteiger partial charge in [0.15, 0.2) is 0 Å². The molecule has 1 fully saturated rings. The first kappa shape index (κ1) is 13.6. The Bertz CT molecular complexity index is 364. The molecule has 1 N–H and O–H groups in total. The van der Waals surface area contributed by atoms with Crippen LogP contribution in [0.1, 0.15) is 50.9 Å². The van der Waals surface area contributed by atoms with E-state index in [-0.39, 0.29) is 0 Å². The average Bonchev–Trinajstić information content (AvgIpc) is 2.99. The predicted octanol–water partition coefficient (Wildman–Crippen LogP) is 2.69. The molecule has 18 heavy (non-hydrogen) atoms. The van der Waals surface area contributed by atoms with E-state index in [1.54, 1.807) is 0 Å². The number of hydrogen-bond acceptors (Lipinski definition) is 2. The highest BCUT2D eigenvalue weighted by atomic mass is 15.3. The number of aryl methyl sites for hydroxylation is 2. The zero-order valence-corrected chi connectivity index (χ0v) is 12.1. The smallest absolute Gasteiger partial charge is 0.0624 e. The summed E-state index contributed by atoms with van der Waals surface area (Å²) < 4.78 is 2.07. The fraction of sp³-hybridized carbons (Fsp3) is 0.800. The van der Waals surface area contributed by atoms with Crippen molar-refractivity contribution < 1.29 is 0 Å². The number of rotatable bonds is 6. The highest BCUT2D eigenvalue weighted by molar-refractivity contribution is 5.12. The first-order valence-electron chi connectivity index (χ1n) is 7.49. The van der Waals surface area contributed by atoms with Crippen LogP contribution in [0.15, 0.2) is 6.07 Å². The molecule has 0 aromatic carbocycles. The Kier molecular flexibility index (Phi) is 4.81. The third-order valence-electron chi connectivity index (χ3n) is 4.25. The maximum absolute atomic E-state index is 4.56. The Morgan fingerprint density at radius 2 is 2.11 bits per heavy atom. The van der Waals surface area contributed by atoms with Gasteiger partial charge >= 0.3 is 0 Å². The Balaban J connectivity index is 2.04. The van der Waals surface area contributed by atoms with Gasteiger partial charge in [-0.1, -0.05) is 26.7 Å². The van der Waals surface area contributed by atoms with Crippen LogP contribution in [0.3, 0.4) is 0 Å². The minimum atomic E-state index is 0.637. The van der Waals surface area contributed by atoms with Gasteiger partial charge in [-0.05, 0) is 37.8 Å². The van der Waals surface area contributed by atoms with Crippen molar-refractivity contribution in [2.45, 2.75) is 58.4 Å². The van der Waals surface area contributed by atoms with E-state index in [0.29, 0.717) is 6.04 Å². The van der Waals surface area contributed by atoms with Crippen LogP contribution in [0.25, 0.3) is 0 Å². The molecule has 0 amide bonds. The minimum Gasteiger partial charge on any atom is -0.314 e. The van der Waals surface area contributed by atoms with Crippen molar-refractivity contribution in [1.29, 1.82) is 0 Å². The molecule has 1 aliphatic rings. The first-order valence-corrected chi connectivity index (χ1v) is 7.49. The highest BCUT2D eigenvalue weighted by Crippen LogP contribution is 2.29. The molecule has 1 atom stereocenters. The van der Waals surface area contributed by atoms with Crippen LogP contribution >= 0.6 is 0 Å². The van der Waals surface area contributed by atoms with Crippen molar-refractivity contribution in [3.8, 4) is 0 Å². The van der Waals surface area contributed by atoms with Gasteiger partial charge in [0.1, 0.15) is 0 Å². The van der Waals surface area contributed by atoms with E-state index in [0.717, 1.165) is 25.3 Å². The van der Waals surface area contributed by atoms with Gasteiger partial charge < -0.3 is 5.32 Å². The second kappa shape index (κ2) is 6.37. The average molecular weight is 249 g/mol. The molecule has 3 nitrogen and oxygen atoms in total. The summed E-state index contributed by atoms with van der Waals surface area (Å²) >= 11 is 0. The van der Waals surface area contributed by atoms with E-state index in [1.165, 1.54) is 37.1 Å². The summed E-state index contributed by atoms with van der Waals surface area (Å²) in [5.41, 5.74) is 2.60. The molecule has 1 aromatic heterocycles. The van der Waals surface area contributed by atoms with Gasteiger partial charge in [0.05, 0.1) is 5.69 Å². The summed E-state index contributed by atoms with van der Waals surface area (Å²) in [6, 6.07) is 2.91. The molecule has 0 aliphatic heterocycles. The lowest BCUT2D eigenvalue weighted by Crippen LogP contribution is -2.37. The summed E-state index contributed by atoms with van der Waals surface area (Å²) in [5, 5.41) is 8.24. The van der Waals surface area contributed by atoms with Gasteiger partial charge in [-0.15, -0.1) is 0 Å². The zero-order chi connectivity index (χ0) is 13.0. The molecular weight excluding hydrogens is 222 g/mol. The minimum absolute atomic E-state index is 0.637. The number of aromatic nitrogens is 2. The van der Waals surface area contributed by atoms with Gasteiger partial charge in [0.2, 0.25) is 0 Å². The lowest BCUT2D eigenvalue weighted by molar-refractivity contribution is 0.356. The van der Waals surface area contributed by atoms with Crippen molar-refractivity contribution in [3.05, 3.63) is 17.5 Å². The quantitative estimate of drug-likeness (QED) is 0.840. The van der Waals surface area contributed by atoms with Crippen LogP contribution in [0.5, 0.6) is 0 Å². The molecule has 0 spiro atoms. The summed E-state index contributed by atoms with van der Waals surface area (Å²) in [6.45, 7) is 5.45. The van der Waals surface area contributed by atoms with E-state index in [1.807, 2.05) is 0 Å². The third kappa shape index (κ3) is 3.14. The predicted molar refractivity (Wildman–Crippen MR) is 75.7 cm³/mol. The summed E-state index contributed by atoms with van der Waals surface area (Å²) in [5.74, 6) is 0.866. The SMILES string of the molecule is CCNC(Cc1cc(CC)nn1C)C1CCCC1. The molecule has 1 aromatic rings.